The first kappa shape index (κ1) is 19.0. The van der Waals surface area contributed by atoms with E-state index in [1.54, 1.807) is 31.2 Å². The maximum absolute atomic E-state index is 12.8. The number of para-hydroxylation sites is 1. The number of carbonyl (C=O) groups excluding carboxylic acids is 1. The minimum atomic E-state index is -3.60. The van der Waals surface area contributed by atoms with Crippen LogP contribution in [0.4, 0.5) is 5.69 Å². The highest BCUT2D eigenvalue weighted by molar-refractivity contribution is 7.92. The summed E-state index contributed by atoms with van der Waals surface area (Å²) in [5, 5.41) is 2.92. The smallest absolute Gasteiger partial charge is 0.244 e. The van der Waals surface area contributed by atoms with Crippen LogP contribution in [-0.2, 0) is 14.8 Å². The van der Waals surface area contributed by atoms with Crippen LogP contribution in [0.5, 0.6) is 0 Å². The number of nitrogens with one attached hydrogen (secondary N) is 1. The average molecular weight is 360 g/mol. The molecule has 0 aromatic heterocycles. The second kappa shape index (κ2) is 8.16. The molecular formula is C19H24N2O3S. The van der Waals surface area contributed by atoms with Crippen molar-refractivity contribution < 1.29 is 13.2 Å². The van der Waals surface area contributed by atoms with E-state index in [1.807, 2.05) is 43.3 Å². The number of nitrogens with zero attached hydrogens (tertiary/aromatic N) is 1. The SMILES string of the molecule is CC[C@@H](C(=O)N[C@@H](C)c1ccccc1)N(c1ccccc1)S(C)(=O)=O. The van der Waals surface area contributed by atoms with Gasteiger partial charge in [-0.2, -0.15) is 0 Å². The summed E-state index contributed by atoms with van der Waals surface area (Å²) in [6, 6.07) is 17.3. The van der Waals surface area contributed by atoms with E-state index in [2.05, 4.69) is 5.32 Å². The normalized spacial score (nSPS) is 13.7. The van der Waals surface area contributed by atoms with Crippen LogP contribution < -0.4 is 9.62 Å². The molecule has 5 nitrogen and oxygen atoms in total. The van der Waals surface area contributed by atoms with E-state index in [1.165, 1.54) is 4.31 Å². The molecule has 2 aromatic rings. The molecule has 6 heteroatoms. The second-order valence-electron chi connectivity index (χ2n) is 5.96. The Morgan fingerprint density at radius 2 is 1.56 bits per heavy atom. The maximum atomic E-state index is 12.8. The van der Waals surface area contributed by atoms with Crippen molar-refractivity contribution in [2.75, 3.05) is 10.6 Å². The van der Waals surface area contributed by atoms with Gasteiger partial charge in [-0.25, -0.2) is 8.42 Å². The van der Waals surface area contributed by atoms with Crippen molar-refractivity contribution in [2.24, 2.45) is 0 Å². The van der Waals surface area contributed by atoms with Crippen LogP contribution in [0.2, 0.25) is 0 Å². The van der Waals surface area contributed by atoms with Gasteiger partial charge in [0.25, 0.3) is 0 Å². The van der Waals surface area contributed by atoms with Gasteiger partial charge in [0.1, 0.15) is 6.04 Å². The summed E-state index contributed by atoms with van der Waals surface area (Å²) in [5.74, 6) is -0.312. The number of rotatable bonds is 7. The van der Waals surface area contributed by atoms with Gasteiger partial charge in [-0.1, -0.05) is 55.5 Å². The Hall–Kier alpha value is -2.34. The van der Waals surface area contributed by atoms with Gasteiger partial charge in [0, 0.05) is 0 Å². The van der Waals surface area contributed by atoms with Crippen LogP contribution in [0, 0.1) is 0 Å². The molecule has 0 unspecified atom stereocenters. The number of anilines is 1. The predicted molar refractivity (Wildman–Crippen MR) is 101 cm³/mol. The first-order valence-electron chi connectivity index (χ1n) is 8.24. The highest BCUT2D eigenvalue weighted by Crippen LogP contribution is 2.22. The van der Waals surface area contributed by atoms with Crippen molar-refractivity contribution in [3.8, 4) is 0 Å². The first-order chi connectivity index (χ1) is 11.8. The molecule has 0 aliphatic rings. The third-order valence-corrected chi connectivity index (χ3v) is 5.18. The average Bonchev–Trinajstić information content (AvgIpc) is 2.59. The fourth-order valence-corrected chi connectivity index (χ4v) is 3.98. The lowest BCUT2D eigenvalue weighted by Crippen LogP contribution is -2.49. The molecule has 1 amide bonds. The van der Waals surface area contributed by atoms with Gasteiger partial charge in [0.05, 0.1) is 18.0 Å². The molecule has 134 valence electrons. The Morgan fingerprint density at radius 3 is 2.04 bits per heavy atom. The zero-order valence-corrected chi connectivity index (χ0v) is 15.5. The Kier molecular flexibility index (Phi) is 6.20. The topological polar surface area (TPSA) is 66.5 Å². The minimum absolute atomic E-state index is 0.208. The molecule has 2 rings (SSSR count). The molecule has 0 saturated heterocycles. The fourth-order valence-electron chi connectivity index (χ4n) is 2.77. The van der Waals surface area contributed by atoms with Crippen LogP contribution in [0.1, 0.15) is 31.9 Å². The summed E-state index contributed by atoms with van der Waals surface area (Å²) >= 11 is 0. The summed E-state index contributed by atoms with van der Waals surface area (Å²) in [4.78, 5) is 12.8. The highest BCUT2D eigenvalue weighted by atomic mass is 32.2. The number of carbonyl (C=O) groups is 1. The van der Waals surface area contributed by atoms with Gasteiger partial charge < -0.3 is 5.32 Å². The largest absolute Gasteiger partial charge is 0.348 e. The summed E-state index contributed by atoms with van der Waals surface area (Å²) < 4.78 is 25.9. The van der Waals surface area contributed by atoms with E-state index in [0.717, 1.165) is 11.8 Å². The van der Waals surface area contributed by atoms with E-state index >= 15 is 0 Å². The Bertz CT molecular complexity index is 792. The van der Waals surface area contributed by atoms with Crippen molar-refractivity contribution in [3.63, 3.8) is 0 Å². The molecule has 0 fully saturated rings. The molecule has 0 bridgehead atoms. The maximum Gasteiger partial charge on any atom is 0.244 e. The molecule has 0 aliphatic carbocycles. The van der Waals surface area contributed by atoms with E-state index in [-0.39, 0.29) is 11.9 Å². The van der Waals surface area contributed by atoms with Crippen molar-refractivity contribution in [3.05, 3.63) is 66.2 Å². The van der Waals surface area contributed by atoms with Crippen LogP contribution in [0.25, 0.3) is 0 Å². The lowest BCUT2D eigenvalue weighted by molar-refractivity contribution is -0.122. The minimum Gasteiger partial charge on any atom is -0.348 e. The van der Waals surface area contributed by atoms with Gasteiger partial charge in [0.15, 0.2) is 0 Å². The molecule has 0 heterocycles. The number of sulfonamides is 1. The fraction of sp³-hybridized carbons (Fsp3) is 0.316. The number of hydrogen-bond acceptors (Lipinski definition) is 3. The zero-order valence-electron chi connectivity index (χ0n) is 14.7. The summed E-state index contributed by atoms with van der Waals surface area (Å²) in [7, 11) is -3.60. The van der Waals surface area contributed by atoms with Gasteiger partial charge in [-0.05, 0) is 31.0 Å². The van der Waals surface area contributed by atoms with Gasteiger partial charge in [0.2, 0.25) is 15.9 Å². The third-order valence-electron chi connectivity index (χ3n) is 4.00. The van der Waals surface area contributed by atoms with Crippen LogP contribution in [0.3, 0.4) is 0 Å². The zero-order chi connectivity index (χ0) is 18.4. The third kappa shape index (κ3) is 4.82. The summed E-state index contributed by atoms with van der Waals surface area (Å²) in [6.45, 7) is 3.69. The summed E-state index contributed by atoms with van der Waals surface area (Å²) in [5.41, 5.74) is 1.45. The van der Waals surface area contributed by atoms with Crippen LogP contribution >= 0.6 is 0 Å². The molecule has 25 heavy (non-hydrogen) atoms. The van der Waals surface area contributed by atoms with Crippen LogP contribution in [0.15, 0.2) is 60.7 Å². The lowest BCUT2D eigenvalue weighted by atomic mass is 10.1. The monoisotopic (exact) mass is 360 g/mol. The van der Waals surface area contributed by atoms with Gasteiger partial charge >= 0.3 is 0 Å². The molecule has 0 aliphatic heterocycles. The lowest BCUT2D eigenvalue weighted by Gasteiger charge is -2.31. The van der Waals surface area contributed by atoms with Crippen molar-refractivity contribution in [2.45, 2.75) is 32.4 Å². The van der Waals surface area contributed by atoms with Gasteiger partial charge in [-0.15, -0.1) is 0 Å². The molecule has 0 saturated carbocycles. The number of benzene rings is 2. The molecule has 2 aromatic carbocycles. The standard InChI is InChI=1S/C19H24N2O3S/c1-4-18(19(22)20-15(2)16-11-7-5-8-12-16)21(25(3,23)24)17-13-9-6-10-14-17/h5-15,18H,4H2,1-3H3,(H,20,22)/t15-,18-/m0/s1. The Balaban J connectivity index is 2.27. The second-order valence-corrected chi connectivity index (χ2v) is 7.82. The van der Waals surface area contributed by atoms with Crippen LogP contribution in [-0.4, -0.2) is 26.6 Å². The van der Waals surface area contributed by atoms with Crippen molar-refractivity contribution >= 4 is 21.6 Å². The molecule has 0 radical (unpaired) electrons. The van der Waals surface area contributed by atoms with Gasteiger partial charge in [-0.3, -0.25) is 9.10 Å². The van der Waals surface area contributed by atoms with Crippen molar-refractivity contribution in [1.29, 1.82) is 0 Å². The quantitative estimate of drug-likeness (QED) is 0.825. The Morgan fingerprint density at radius 1 is 1.04 bits per heavy atom. The molecule has 2 atom stereocenters. The molecule has 1 N–H and O–H groups in total. The van der Waals surface area contributed by atoms with E-state index < -0.39 is 16.1 Å². The highest BCUT2D eigenvalue weighted by Gasteiger charge is 2.31. The number of hydrogen-bond donors (Lipinski definition) is 1. The van der Waals surface area contributed by atoms with E-state index in [9.17, 15) is 13.2 Å². The predicted octanol–water partition coefficient (Wildman–Crippen LogP) is 3.11. The van der Waals surface area contributed by atoms with E-state index in [4.69, 9.17) is 0 Å². The first-order valence-corrected chi connectivity index (χ1v) is 10.1. The van der Waals surface area contributed by atoms with E-state index in [0.29, 0.717) is 12.1 Å². The number of amides is 1. The Labute approximate surface area is 149 Å². The molecule has 0 spiro atoms. The summed E-state index contributed by atoms with van der Waals surface area (Å²) in [6.07, 6.45) is 1.49. The molecular weight excluding hydrogens is 336 g/mol. The van der Waals surface area contributed by atoms with Crippen molar-refractivity contribution in [1.82, 2.24) is 5.32 Å².